The molecule has 1 aliphatic carbocycles. The van der Waals surface area contributed by atoms with Crippen molar-refractivity contribution in [2.75, 3.05) is 5.32 Å². The lowest BCUT2D eigenvalue weighted by Gasteiger charge is -2.16. The first kappa shape index (κ1) is 12.3. The molecule has 0 aliphatic heterocycles. The molecular formula is C11H18N4OS. The van der Waals surface area contributed by atoms with E-state index in [4.69, 9.17) is 0 Å². The predicted octanol–water partition coefficient (Wildman–Crippen LogP) is 2.58. The summed E-state index contributed by atoms with van der Waals surface area (Å²) in [5.74, 6) is 0.998. The van der Waals surface area contributed by atoms with Crippen molar-refractivity contribution >= 4 is 22.5 Å². The van der Waals surface area contributed by atoms with Gasteiger partial charge in [-0.15, -0.1) is 10.2 Å². The van der Waals surface area contributed by atoms with Crippen LogP contribution in [0.5, 0.6) is 0 Å². The van der Waals surface area contributed by atoms with E-state index in [-0.39, 0.29) is 12.1 Å². The highest BCUT2D eigenvalue weighted by atomic mass is 32.1. The van der Waals surface area contributed by atoms with Crippen LogP contribution >= 0.6 is 11.3 Å². The summed E-state index contributed by atoms with van der Waals surface area (Å²) in [6.07, 6.45) is 2.40. The summed E-state index contributed by atoms with van der Waals surface area (Å²) in [4.78, 5) is 11.6. The van der Waals surface area contributed by atoms with Gasteiger partial charge in [0.05, 0.1) is 0 Å². The SMILES string of the molecule is CC(C)[C@@H](C)NC(=O)Nc1nnc(C2CC2)s1. The number of hydrogen-bond donors (Lipinski definition) is 2. The molecule has 0 bridgehead atoms. The van der Waals surface area contributed by atoms with E-state index >= 15 is 0 Å². The van der Waals surface area contributed by atoms with Crippen molar-refractivity contribution in [3.05, 3.63) is 5.01 Å². The molecule has 2 rings (SSSR count). The third kappa shape index (κ3) is 3.39. The molecule has 1 aromatic rings. The zero-order valence-corrected chi connectivity index (χ0v) is 11.2. The van der Waals surface area contributed by atoms with Gasteiger partial charge >= 0.3 is 6.03 Å². The summed E-state index contributed by atoms with van der Waals surface area (Å²) >= 11 is 1.47. The van der Waals surface area contributed by atoms with Gasteiger partial charge in [-0.1, -0.05) is 25.2 Å². The van der Waals surface area contributed by atoms with Gasteiger partial charge in [0.1, 0.15) is 5.01 Å². The van der Waals surface area contributed by atoms with Crippen molar-refractivity contribution in [3.63, 3.8) is 0 Å². The molecule has 1 aromatic heterocycles. The first-order valence-corrected chi connectivity index (χ1v) is 6.79. The highest BCUT2D eigenvalue weighted by molar-refractivity contribution is 7.15. The molecule has 2 amide bonds. The Hall–Kier alpha value is -1.17. The van der Waals surface area contributed by atoms with Crippen LogP contribution < -0.4 is 10.6 Å². The summed E-state index contributed by atoms with van der Waals surface area (Å²) in [6.45, 7) is 6.13. The molecule has 17 heavy (non-hydrogen) atoms. The van der Waals surface area contributed by atoms with Crippen molar-refractivity contribution in [3.8, 4) is 0 Å². The molecule has 1 aliphatic rings. The molecule has 0 aromatic carbocycles. The molecule has 6 heteroatoms. The smallest absolute Gasteiger partial charge is 0.321 e. The number of nitrogens with one attached hydrogen (secondary N) is 2. The Kier molecular flexibility index (Phi) is 3.61. The van der Waals surface area contributed by atoms with E-state index in [0.717, 1.165) is 5.01 Å². The molecule has 0 radical (unpaired) electrons. The lowest BCUT2D eigenvalue weighted by atomic mass is 10.1. The third-order valence-corrected chi connectivity index (χ3v) is 3.95. The number of anilines is 1. The van der Waals surface area contributed by atoms with E-state index in [1.807, 2.05) is 6.92 Å². The van der Waals surface area contributed by atoms with Gasteiger partial charge in [-0.25, -0.2) is 4.79 Å². The summed E-state index contributed by atoms with van der Waals surface area (Å²) in [6, 6.07) is -0.0597. The van der Waals surface area contributed by atoms with Crippen molar-refractivity contribution in [1.29, 1.82) is 0 Å². The Labute approximate surface area is 105 Å². The second-order valence-electron chi connectivity index (χ2n) is 4.85. The average Bonchev–Trinajstić information content (AvgIpc) is 3.00. The van der Waals surface area contributed by atoms with Gasteiger partial charge in [-0.05, 0) is 25.7 Å². The Morgan fingerprint density at radius 3 is 2.65 bits per heavy atom. The lowest BCUT2D eigenvalue weighted by Crippen LogP contribution is -2.38. The van der Waals surface area contributed by atoms with E-state index in [2.05, 4.69) is 34.7 Å². The highest BCUT2D eigenvalue weighted by Gasteiger charge is 2.27. The summed E-state index contributed by atoms with van der Waals surface area (Å²) in [5.41, 5.74) is 0. The van der Waals surface area contributed by atoms with E-state index in [0.29, 0.717) is 17.0 Å². The van der Waals surface area contributed by atoms with Gasteiger partial charge in [0.25, 0.3) is 0 Å². The van der Waals surface area contributed by atoms with Crippen LogP contribution in [0.2, 0.25) is 0 Å². The molecule has 2 N–H and O–H groups in total. The van der Waals surface area contributed by atoms with E-state index in [9.17, 15) is 4.79 Å². The molecule has 1 saturated carbocycles. The molecular weight excluding hydrogens is 236 g/mol. The maximum absolute atomic E-state index is 11.6. The third-order valence-electron chi connectivity index (χ3n) is 2.95. The van der Waals surface area contributed by atoms with E-state index in [1.165, 1.54) is 24.2 Å². The van der Waals surface area contributed by atoms with Gasteiger partial charge in [0.15, 0.2) is 0 Å². The largest absolute Gasteiger partial charge is 0.335 e. The summed E-state index contributed by atoms with van der Waals surface area (Å²) in [7, 11) is 0. The highest BCUT2D eigenvalue weighted by Crippen LogP contribution is 2.41. The van der Waals surface area contributed by atoms with Crippen LogP contribution in [-0.2, 0) is 0 Å². The summed E-state index contributed by atoms with van der Waals surface area (Å²) in [5, 5.41) is 15.3. The zero-order valence-electron chi connectivity index (χ0n) is 10.4. The first-order chi connectivity index (χ1) is 8.06. The van der Waals surface area contributed by atoms with Crippen LogP contribution in [0.1, 0.15) is 44.5 Å². The second kappa shape index (κ2) is 5.00. The summed E-state index contributed by atoms with van der Waals surface area (Å²) < 4.78 is 0. The number of carbonyl (C=O) groups is 1. The number of nitrogens with zero attached hydrogens (tertiary/aromatic N) is 2. The Bertz CT molecular complexity index is 400. The molecule has 0 spiro atoms. The zero-order chi connectivity index (χ0) is 12.4. The maximum Gasteiger partial charge on any atom is 0.321 e. The van der Waals surface area contributed by atoms with E-state index in [1.54, 1.807) is 0 Å². The van der Waals surface area contributed by atoms with Crippen LogP contribution in [0.3, 0.4) is 0 Å². The Morgan fingerprint density at radius 1 is 1.35 bits per heavy atom. The van der Waals surface area contributed by atoms with Gasteiger partial charge < -0.3 is 5.32 Å². The van der Waals surface area contributed by atoms with Gasteiger partial charge in [-0.3, -0.25) is 5.32 Å². The van der Waals surface area contributed by atoms with Crippen LogP contribution in [-0.4, -0.2) is 22.3 Å². The molecule has 0 unspecified atom stereocenters. The number of hydrogen-bond acceptors (Lipinski definition) is 4. The number of amides is 2. The fourth-order valence-electron chi connectivity index (χ4n) is 1.29. The van der Waals surface area contributed by atoms with Crippen molar-refractivity contribution < 1.29 is 4.79 Å². The monoisotopic (exact) mass is 254 g/mol. The number of carbonyl (C=O) groups excluding carboxylic acids is 1. The minimum Gasteiger partial charge on any atom is -0.335 e. The van der Waals surface area contributed by atoms with Crippen molar-refractivity contribution in [1.82, 2.24) is 15.5 Å². The Morgan fingerprint density at radius 2 is 2.06 bits per heavy atom. The lowest BCUT2D eigenvalue weighted by molar-refractivity contribution is 0.246. The first-order valence-electron chi connectivity index (χ1n) is 5.97. The van der Waals surface area contributed by atoms with E-state index < -0.39 is 0 Å². The standard InChI is InChI=1S/C11H18N4OS/c1-6(2)7(3)12-10(16)13-11-15-14-9(17-11)8-4-5-8/h6-8H,4-5H2,1-3H3,(H2,12,13,15,16)/t7-/m1/s1. The fraction of sp³-hybridized carbons (Fsp3) is 0.727. The number of aromatic nitrogens is 2. The molecule has 0 saturated heterocycles. The van der Waals surface area contributed by atoms with Crippen LogP contribution in [0.4, 0.5) is 9.93 Å². The molecule has 1 heterocycles. The van der Waals surface area contributed by atoms with Crippen LogP contribution in [0.25, 0.3) is 0 Å². The number of urea groups is 1. The van der Waals surface area contributed by atoms with Gasteiger partial charge in [0.2, 0.25) is 5.13 Å². The van der Waals surface area contributed by atoms with Crippen molar-refractivity contribution in [2.24, 2.45) is 5.92 Å². The van der Waals surface area contributed by atoms with Crippen LogP contribution in [0.15, 0.2) is 0 Å². The molecule has 5 nitrogen and oxygen atoms in total. The normalized spacial score (nSPS) is 16.9. The fourth-order valence-corrected chi connectivity index (χ4v) is 2.19. The minimum absolute atomic E-state index is 0.144. The maximum atomic E-state index is 11.6. The average molecular weight is 254 g/mol. The minimum atomic E-state index is -0.204. The Balaban J connectivity index is 1.84. The molecule has 94 valence electrons. The quantitative estimate of drug-likeness (QED) is 0.867. The number of rotatable bonds is 4. The van der Waals surface area contributed by atoms with Crippen LogP contribution in [0, 0.1) is 5.92 Å². The predicted molar refractivity (Wildman–Crippen MR) is 68.3 cm³/mol. The second-order valence-corrected chi connectivity index (χ2v) is 5.86. The van der Waals surface area contributed by atoms with Gasteiger partial charge in [-0.2, -0.15) is 0 Å². The topological polar surface area (TPSA) is 66.9 Å². The molecule has 1 atom stereocenters. The van der Waals surface area contributed by atoms with Crippen molar-refractivity contribution in [2.45, 2.75) is 45.6 Å². The van der Waals surface area contributed by atoms with Gasteiger partial charge in [0, 0.05) is 12.0 Å². The molecule has 1 fully saturated rings.